The first-order valence-electron chi connectivity index (χ1n) is 10.0. The first-order valence-corrected chi connectivity index (χ1v) is 10.0. The summed E-state index contributed by atoms with van der Waals surface area (Å²) >= 11 is 0. The zero-order chi connectivity index (χ0) is 21.1. The summed E-state index contributed by atoms with van der Waals surface area (Å²) in [5, 5.41) is 8.34. The third-order valence-corrected chi connectivity index (χ3v) is 5.16. The van der Waals surface area contributed by atoms with E-state index < -0.39 is 0 Å². The van der Waals surface area contributed by atoms with Crippen molar-refractivity contribution in [3.63, 3.8) is 0 Å². The number of amides is 1. The van der Waals surface area contributed by atoms with E-state index in [0.29, 0.717) is 43.5 Å². The molecule has 0 bridgehead atoms. The largest absolute Gasteiger partial charge is 0.497 e. The molecule has 1 amide bonds. The van der Waals surface area contributed by atoms with Crippen molar-refractivity contribution in [1.29, 1.82) is 0 Å². The molecule has 30 heavy (non-hydrogen) atoms. The Morgan fingerprint density at radius 3 is 2.43 bits per heavy atom. The molecular weight excluding hydrogens is 382 g/mol. The number of carbonyl (C=O) groups excluding carboxylic acids is 1. The minimum Gasteiger partial charge on any atom is -0.497 e. The number of carbonyl (C=O) groups is 1. The molecule has 8 heteroatoms. The van der Waals surface area contributed by atoms with Crippen LogP contribution in [0.2, 0.25) is 0 Å². The molecule has 0 aliphatic carbocycles. The van der Waals surface area contributed by atoms with Gasteiger partial charge in [-0.1, -0.05) is 13.8 Å². The van der Waals surface area contributed by atoms with Crippen molar-refractivity contribution in [1.82, 2.24) is 20.1 Å². The Labute approximate surface area is 175 Å². The number of hydrogen-bond acceptors (Lipinski definition) is 7. The van der Waals surface area contributed by atoms with Gasteiger partial charge in [-0.2, -0.15) is 0 Å². The lowest BCUT2D eigenvalue weighted by molar-refractivity contribution is 0.0746. The van der Waals surface area contributed by atoms with Gasteiger partial charge in [-0.3, -0.25) is 4.79 Å². The van der Waals surface area contributed by atoms with Crippen molar-refractivity contribution in [2.75, 3.05) is 38.2 Å². The van der Waals surface area contributed by atoms with Crippen LogP contribution in [0.3, 0.4) is 0 Å². The molecule has 0 unspecified atom stereocenters. The second-order valence-corrected chi connectivity index (χ2v) is 7.48. The summed E-state index contributed by atoms with van der Waals surface area (Å²) in [5.41, 5.74) is 1.47. The molecule has 2 aromatic heterocycles. The van der Waals surface area contributed by atoms with Crippen LogP contribution in [0.4, 0.5) is 5.82 Å². The lowest BCUT2D eigenvalue weighted by atomic mass is 10.1. The molecule has 156 valence electrons. The number of hydrogen-bond donors (Lipinski definition) is 0. The van der Waals surface area contributed by atoms with Crippen molar-refractivity contribution < 1.29 is 13.9 Å². The standard InChI is InChI=1S/C22H25N5O3/c1-15(2)20-24-25-21(30-20)18-5-4-10-23-19(18)26-11-13-27(14-12-26)22(28)16-6-8-17(29-3)9-7-16/h4-10,15H,11-14H2,1-3H3. The van der Waals surface area contributed by atoms with Gasteiger partial charge >= 0.3 is 0 Å². The maximum absolute atomic E-state index is 12.8. The van der Waals surface area contributed by atoms with Crippen LogP contribution in [0, 0.1) is 0 Å². The minimum atomic E-state index is 0.0250. The quantitative estimate of drug-likeness (QED) is 0.642. The molecule has 1 aromatic carbocycles. The molecule has 1 fully saturated rings. The summed E-state index contributed by atoms with van der Waals surface area (Å²) in [4.78, 5) is 21.4. The van der Waals surface area contributed by atoms with Gasteiger partial charge < -0.3 is 19.0 Å². The Hall–Kier alpha value is -3.42. The van der Waals surface area contributed by atoms with Gasteiger partial charge in [0.25, 0.3) is 11.8 Å². The number of ether oxygens (including phenoxy) is 1. The number of nitrogens with zero attached hydrogens (tertiary/aromatic N) is 5. The SMILES string of the molecule is COc1ccc(C(=O)N2CCN(c3ncccc3-c3nnc(C(C)C)o3)CC2)cc1. The number of anilines is 1. The van der Waals surface area contributed by atoms with E-state index in [0.717, 1.165) is 17.1 Å². The van der Waals surface area contributed by atoms with E-state index in [2.05, 4.69) is 20.1 Å². The van der Waals surface area contributed by atoms with Crippen LogP contribution < -0.4 is 9.64 Å². The molecule has 0 saturated carbocycles. The van der Waals surface area contributed by atoms with Crippen LogP contribution in [0.1, 0.15) is 36.0 Å². The predicted molar refractivity (Wildman–Crippen MR) is 113 cm³/mol. The van der Waals surface area contributed by atoms with Crippen LogP contribution in [0.25, 0.3) is 11.5 Å². The van der Waals surface area contributed by atoms with Crippen LogP contribution in [-0.2, 0) is 0 Å². The molecule has 0 N–H and O–H groups in total. The third-order valence-electron chi connectivity index (χ3n) is 5.16. The molecule has 8 nitrogen and oxygen atoms in total. The number of piperazine rings is 1. The first kappa shape index (κ1) is 19.9. The van der Waals surface area contributed by atoms with E-state index in [9.17, 15) is 4.79 Å². The normalized spacial score (nSPS) is 14.3. The molecule has 0 spiro atoms. The second kappa shape index (κ2) is 8.52. The smallest absolute Gasteiger partial charge is 0.253 e. The fourth-order valence-electron chi connectivity index (χ4n) is 3.43. The highest BCUT2D eigenvalue weighted by Gasteiger charge is 2.26. The molecule has 4 rings (SSSR count). The fraction of sp³-hybridized carbons (Fsp3) is 0.364. The lowest BCUT2D eigenvalue weighted by Crippen LogP contribution is -2.49. The van der Waals surface area contributed by atoms with Gasteiger partial charge in [0.2, 0.25) is 5.89 Å². The zero-order valence-corrected chi connectivity index (χ0v) is 17.4. The number of aromatic nitrogens is 3. The summed E-state index contributed by atoms with van der Waals surface area (Å²) in [6.07, 6.45) is 1.76. The Morgan fingerprint density at radius 1 is 1.07 bits per heavy atom. The Morgan fingerprint density at radius 2 is 1.80 bits per heavy atom. The van der Waals surface area contributed by atoms with E-state index >= 15 is 0 Å². The van der Waals surface area contributed by atoms with Crippen molar-refractivity contribution >= 4 is 11.7 Å². The van der Waals surface area contributed by atoms with Crippen LogP contribution in [0.15, 0.2) is 47.0 Å². The highest BCUT2D eigenvalue weighted by molar-refractivity contribution is 5.94. The molecule has 1 aliphatic heterocycles. The Kier molecular flexibility index (Phi) is 5.65. The maximum atomic E-state index is 12.8. The van der Waals surface area contributed by atoms with E-state index in [1.54, 1.807) is 37.6 Å². The second-order valence-electron chi connectivity index (χ2n) is 7.48. The van der Waals surface area contributed by atoms with Gasteiger partial charge in [-0.15, -0.1) is 10.2 Å². The van der Waals surface area contributed by atoms with Crippen LogP contribution in [-0.4, -0.2) is 59.3 Å². The van der Waals surface area contributed by atoms with Gasteiger partial charge in [0, 0.05) is 43.9 Å². The average Bonchev–Trinajstić information content (AvgIpc) is 3.29. The maximum Gasteiger partial charge on any atom is 0.253 e. The van der Waals surface area contributed by atoms with E-state index in [1.165, 1.54) is 0 Å². The number of pyridine rings is 1. The fourth-order valence-corrected chi connectivity index (χ4v) is 3.43. The van der Waals surface area contributed by atoms with Gasteiger partial charge in [0.1, 0.15) is 11.6 Å². The van der Waals surface area contributed by atoms with Crippen LogP contribution in [0.5, 0.6) is 5.75 Å². The lowest BCUT2D eigenvalue weighted by Gasteiger charge is -2.36. The Bertz CT molecular complexity index is 1010. The van der Waals surface area contributed by atoms with E-state index in [4.69, 9.17) is 9.15 Å². The third kappa shape index (κ3) is 3.98. The molecule has 1 saturated heterocycles. The van der Waals surface area contributed by atoms with Crippen molar-refractivity contribution in [3.05, 3.63) is 54.0 Å². The minimum absolute atomic E-state index is 0.0250. The first-order chi connectivity index (χ1) is 14.6. The van der Waals surface area contributed by atoms with Gasteiger partial charge in [-0.05, 0) is 36.4 Å². The number of rotatable bonds is 5. The molecule has 3 aromatic rings. The van der Waals surface area contributed by atoms with Crippen LogP contribution >= 0.6 is 0 Å². The molecule has 3 heterocycles. The van der Waals surface area contributed by atoms with Crippen molar-refractivity contribution in [2.24, 2.45) is 0 Å². The van der Waals surface area contributed by atoms with E-state index in [1.807, 2.05) is 30.9 Å². The number of methoxy groups -OCH3 is 1. The summed E-state index contributed by atoms with van der Waals surface area (Å²) in [5.74, 6) is 2.80. The number of benzene rings is 1. The highest BCUT2D eigenvalue weighted by Crippen LogP contribution is 2.30. The zero-order valence-electron chi connectivity index (χ0n) is 17.4. The molecule has 0 radical (unpaired) electrons. The predicted octanol–water partition coefficient (Wildman–Crippen LogP) is 3.23. The summed E-state index contributed by atoms with van der Waals surface area (Å²) < 4.78 is 11.0. The van der Waals surface area contributed by atoms with Gasteiger partial charge in [0.15, 0.2) is 0 Å². The molecule has 0 atom stereocenters. The summed E-state index contributed by atoms with van der Waals surface area (Å²) in [7, 11) is 1.61. The van der Waals surface area contributed by atoms with Gasteiger partial charge in [-0.25, -0.2) is 4.98 Å². The topological polar surface area (TPSA) is 84.6 Å². The summed E-state index contributed by atoms with van der Waals surface area (Å²) in [6, 6.07) is 11.0. The van der Waals surface area contributed by atoms with Crippen molar-refractivity contribution in [3.8, 4) is 17.2 Å². The Balaban J connectivity index is 1.47. The van der Waals surface area contributed by atoms with Crippen molar-refractivity contribution in [2.45, 2.75) is 19.8 Å². The molecular formula is C22H25N5O3. The monoisotopic (exact) mass is 407 g/mol. The highest BCUT2D eigenvalue weighted by atomic mass is 16.5. The van der Waals surface area contributed by atoms with Gasteiger partial charge in [0.05, 0.1) is 12.7 Å². The van der Waals surface area contributed by atoms with E-state index in [-0.39, 0.29) is 11.8 Å². The summed E-state index contributed by atoms with van der Waals surface area (Å²) in [6.45, 7) is 6.61. The average molecular weight is 407 g/mol. The molecule has 1 aliphatic rings.